The third-order valence-electron chi connectivity index (χ3n) is 2.45. The number of hydrogen-bond acceptors (Lipinski definition) is 1. The summed E-state index contributed by atoms with van der Waals surface area (Å²) >= 11 is 0. The van der Waals surface area contributed by atoms with E-state index in [4.69, 9.17) is 0 Å². The molecule has 0 spiro atoms. The van der Waals surface area contributed by atoms with Gasteiger partial charge in [0, 0.05) is 25.4 Å². The van der Waals surface area contributed by atoms with Gasteiger partial charge in [-0.05, 0) is 12.0 Å². The molecule has 0 radical (unpaired) electrons. The molecule has 0 aromatic rings. The summed E-state index contributed by atoms with van der Waals surface area (Å²) in [6, 6.07) is 0. The molecule has 0 bridgehead atoms. The van der Waals surface area contributed by atoms with Crippen molar-refractivity contribution < 1.29 is 0 Å². The molecule has 0 atom stereocenters. The topological polar surface area (TPSA) is 3.24 Å². The van der Waals surface area contributed by atoms with E-state index in [2.05, 4.69) is 59.8 Å². The van der Waals surface area contributed by atoms with Crippen LogP contribution in [0.25, 0.3) is 0 Å². The molecule has 1 aliphatic carbocycles. The van der Waals surface area contributed by atoms with Crippen LogP contribution in [0.5, 0.6) is 0 Å². The summed E-state index contributed by atoms with van der Waals surface area (Å²) < 4.78 is 0. The molecule has 0 fully saturated rings. The van der Waals surface area contributed by atoms with Gasteiger partial charge in [-0.25, -0.2) is 0 Å². The number of hydrogen-bond donors (Lipinski definition) is 0. The summed E-state index contributed by atoms with van der Waals surface area (Å²) in [4.78, 5) is 2.06. The van der Waals surface area contributed by atoms with Gasteiger partial charge in [0.1, 0.15) is 0 Å². The van der Waals surface area contributed by atoms with Crippen LogP contribution in [0.3, 0.4) is 0 Å². The first kappa shape index (κ1) is 9.07. The number of nitrogens with zero attached hydrogens (tertiary/aromatic N) is 1. The van der Waals surface area contributed by atoms with Crippen LogP contribution in [-0.4, -0.2) is 11.9 Å². The largest absolute Gasteiger partial charge is 0.358 e. The fraction of sp³-hybridized carbons (Fsp3) is 0.231. The molecule has 14 heavy (non-hydrogen) atoms. The Kier molecular flexibility index (Phi) is 2.68. The van der Waals surface area contributed by atoms with Crippen molar-refractivity contribution in [2.45, 2.75) is 6.42 Å². The van der Waals surface area contributed by atoms with Crippen molar-refractivity contribution in [3.05, 3.63) is 60.5 Å². The predicted molar refractivity (Wildman–Crippen MR) is 60.5 cm³/mol. The van der Waals surface area contributed by atoms with Gasteiger partial charge in [0.05, 0.1) is 0 Å². The highest BCUT2D eigenvalue weighted by molar-refractivity contribution is 5.35. The average Bonchev–Trinajstić information content (AvgIpc) is 2.47. The number of rotatable bonds is 1. The summed E-state index contributed by atoms with van der Waals surface area (Å²) in [7, 11) is 2.04. The Morgan fingerprint density at radius 3 is 2.79 bits per heavy atom. The molecule has 0 saturated carbocycles. The van der Waals surface area contributed by atoms with Crippen molar-refractivity contribution >= 4 is 0 Å². The van der Waals surface area contributed by atoms with Crippen molar-refractivity contribution in [3.63, 3.8) is 0 Å². The van der Waals surface area contributed by atoms with E-state index in [0.717, 1.165) is 6.42 Å². The van der Waals surface area contributed by atoms with Crippen LogP contribution in [-0.2, 0) is 0 Å². The Morgan fingerprint density at radius 2 is 2.00 bits per heavy atom. The molecule has 2 aliphatic rings. The lowest BCUT2D eigenvalue weighted by molar-refractivity contribution is 0.600. The second-order valence-corrected chi connectivity index (χ2v) is 3.61. The molecule has 1 heteroatoms. The normalized spacial score (nSPS) is 21.2. The van der Waals surface area contributed by atoms with Gasteiger partial charge in [-0.3, -0.25) is 0 Å². The van der Waals surface area contributed by atoms with Gasteiger partial charge in [-0.15, -0.1) is 0 Å². The van der Waals surface area contributed by atoms with Crippen molar-refractivity contribution in [1.29, 1.82) is 0 Å². The highest BCUT2D eigenvalue weighted by atomic mass is 15.0. The van der Waals surface area contributed by atoms with Crippen LogP contribution in [0.1, 0.15) is 6.42 Å². The Bertz CT molecular complexity index is 328. The Hall–Kier alpha value is -1.50. The highest BCUT2D eigenvalue weighted by Gasteiger charge is 2.08. The molecular weight excluding hydrogens is 170 g/mol. The summed E-state index contributed by atoms with van der Waals surface area (Å²) in [5, 5.41) is 0. The van der Waals surface area contributed by atoms with Crippen LogP contribution >= 0.6 is 0 Å². The van der Waals surface area contributed by atoms with Gasteiger partial charge >= 0.3 is 0 Å². The molecule has 0 aromatic carbocycles. The second-order valence-electron chi connectivity index (χ2n) is 3.61. The smallest absolute Gasteiger partial charge is 0.0232 e. The maximum atomic E-state index is 2.22. The third-order valence-corrected chi connectivity index (χ3v) is 2.45. The maximum absolute atomic E-state index is 2.22. The first-order valence-electron chi connectivity index (χ1n) is 4.98. The maximum Gasteiger partial charge on any atom is 0.0232 e. The monoisotopic (exact) mass is 185 g/mol. The van der Waals surface area contributed by atoms with Gasteiger partial charge in [0.15, 0.2) is 0 Å². The van der Waals surface area contributed by atoms with E-state index in [9.17, 15) is 0 Å². The lowest BCUT2D eigenvalue weighted by Crippen LogP contribution is -2.08. The number of allylic oxidation sites excluding steroid dienone is 8. The van der Waals surface area contributed by atoms with Crippen molar-refractivity contribution in [2.24, 2.45) is 5.92 Å². The Labute approximate surface area is 85.4 Å². The molecule has 1 aliphatic heterocycles. The molecule has 0 saturated heterocycles. The molecule has 1 heterocycles. The molecular formula is C13H15N. The minimum atomic E-state index is 0.435. The summed E-state index contributed by atoms with van der Waals surface area (Å²) in [5.74, 6) is 0.435. The predicted octanol–water partition coefficient (Wildman–Crippen LogP) is 3.02. The average molecular weight is 185 g/mol. The molecule has 0 N–H and O–H groups in total. The van der Waals surface area contributed by atoms with Crippen LogP contribution < -0.4 is 0 Å². The zero-order chi connectivity index (χ0) is 9.80. The minimum Gasteiger partial charge on any atom is -0.358 e. The SMILES string of the molecule is CN1C=CC(C2=CC=CCC=C2)C=C1. The molecule has 2 rings (SSSR count). The van der Waals surface area contributed by atoms with Crippen molar-refractivity contribution in [3.8, 4) is 0 Å². The van der Waals surface area contributed by atoms with Crippen LogP contribution in [0, 0.1) is 5.92 Å². The first-order chi connectivity index (χ1) is 6.86. The van der Waals surface area contributed by atoms with E-state index in [1.807, 2.05) is 7.05 Å². The van der Waals surface area contributed by atoms with E-state index >= 15 is 0 Å². The lowest BCUT2D eigenvalue weighted by atomic mass is 9.97. The fourth-order valence-electron chi connectivity index (χ4n) is 1.61. The molecule has 0 aromatic heterocycles. The second kappa shape index (κ2) is 4.14. The zero-order valence-corrected chi connectivity index (χ0v) is 8.43. The molecule has 0 amide bonds. The fourth-order valence-corrected chi connectivity index (χ4v) is 1.61. The van der Waals surface area contributed by atoms with Gasteiger partial charge < -0.3 is 4.90 Å². The molecule has 72 valence electrons. The van der Waals surface area contributed by atoms with Crippen LogP contribution in [0.4, 0.5) is 0 Å². The van der Waals surface area contributed by atoms with Gasteiger partial charge in [0.25, 0.3) is 0 Å². The lowest BCUT2D eigenvalue weighted by Gasteiger charge is -2.17. The van der Waals surface area contributed by atoms with E-state index in [0.29, 0.717) is 5.92 Å². The van der Waals surface area contributed by atoms with Gasteiger partial charge in [0.2, 0.25) is 0 Å². The summed E-state index contributed by atoms with van der Waals surface area (Å²) in [6.45, 7) is 0. The van der Waals surface area contributed by atoms with Crippen LogP contribution in [0.2, 0.25) is 0 Å². The highest BCUT2D eigenvalue weighted by Crippen LogP contribution is 2.21. The Balaban J connectivity index is 2.16. The standard InChI is InChI=1S/C13H15N/c1-14-10-8-13(9-11-14)12-6-4-2-3-5-7-12/h2,4-11,13H,3H2,1H3. The van der Waals surface area contributed by atoms with Gasteiger partial charge in [-0.1, -0.05) is 42.5 Å². The minimum absolute atomic E-state index is 0.435. The molecule has 0 unspecified atom stereocenters. The zero-order valence-electron chi connectivity index (χ0n) is 8.43. The quantitative estimate of drug-likeness (QED) is 0.607. The van der Waals surface area contributed by atoms with Crippen molar-refractivity contribution in [1.82, 2.24) is 4.90 Å². The third kappa shape index (κ3) is 2.05. The van der Waals surface area contributed by atoms with E-state index in [1.54, 1.807) is 0 Å². The van der Waals surface area contributed by atoms with E-state index in [1.165, 1.54) is 5.57 Å². The summed E-state index contributed by atoms with van der Waals surface area (Å²) in [6.07, 6.45) is 20.6. The van der Waals surface area contributed by atoms with E-state index < -0.39 is 0 Å². The van der Waals surface area contributed by atoms with Gasteiger partial charge in [-0.2, -0.15) is 0 Å². The first-order valence-corrected chi connectivity index (χ1v) is 4.98. The Morgan fingerprint density at radius 1 is 1.21 bits per heavy atom. The van der Waals surface area contributed by atoms with E-state index in [-0.39, 0.29) is 0 Å². The molecule has 1 nitrogen and oxygen atoms in total. The van der Waals surface area contributed by atoms with Crippen LogP contribution in [0.15, 0.2) is 60.5 Å². The van der Waals surface area contributed by atoms with Crippen molar-refractivity contribution in [2.75, 3.05) is 7.05 Å². The summed E-state index contributed by atoms with van der Waals surface area (Å²) in [5.41, 5.74) is 1.36.